The molecule has 0 aliphatic carbocycles. The summed E-state index contributed by atoms with van der Waals surface area (Å²) in [5.41, 5.74) is 2.28. The molecule has 142 valence electrons. The van der Waals surface area contributed by atoms with Crippen molar-refractivity contribution >= 4 is 28.2 Å². The van der Waals surface area contributed by atoms with Crippen molar-refractivity contribution in [1.29, 1.82) is 0 Å². The second-order valence-corrected chi connectivity index (χ2v) is 5.99. The van der Waals surface area contributed by atoms with Crippen LogP contribution in [-0.4, -0.2) is 42.2 Å². The fourth-order valence-corrected chi connectivity index (χ4v) is 3.08. The summed E-state index contributed by atoms with van der Waals surface area (Å²) >= 11 is 0. The molecule has 4 aromatic rings. The summed E-state index contributed by atoms with van der Waals surface area (Å²) in [6.45, 7) is 0. The van der Waals surface area contributed by atoms with Gasteiger partial charge in [0, 0.05) is 16.5 Å². The Hall–Kier alpha value is -3.81. The molecule has 0 saturated heterocycles. The highest BCUT2D eigenvalue weighted by Gasteiger charge is 2.13. The van der Waals surface area contributed by atoms with E-state index in [0.717, 1.165) is 10.9 Å². The second kappa shape index (κ2) is 7.07. The Morgan fingerprint density at radius 3 is 2.46 bits per heavy atom. The quantitative estimate of drug-likeness (QED) is 0.539. The zero-order valence-corrected chi connectivity index (χ0v) is 15.6. The Bertz CT molecular complexity index is 1230. The van der Waals surface area contributed by atoms with Crippen molar-refractivity contribution in [3.05, 3.63) is 58.6 Å². The molecule has 0 spiro atoms. The van der Waals surface area contributed by atoms with E-state index >= 15 is 0 Å². The van der Waals surface area contributed by atoms with E-state index in [-0.39, 0.29) is 5.56 Å². The van der Waals surface area contributed by atoms with Gasteiger partial charge in [0.2, 0.25) is 5.75 Å². The summed E-state index contributed by atoms with van der Waals surface area (Å²) in [5, 5.41) is 5.15. The number of para-hydroxylation sites is 1. The van der Waals surface area contributed by atoms with Gasteiger partial charge in [-0.05, 0) is 18.2 Å². The van der Waals surface area contributed by atoms with Crippen LogP contribution in [0.5, 0.6) is 17.2 Å². The van der Waals surface area contributed by atoms with Gasteiger partial charge in [0.1, 0.15) is 17.4 Å². The molecule has 0 aliphatic rings. The van der Waals surface area contributed by atoms with Crippen LogP contribution in [0.2, 0.25) is 0 Å². The highest BCUT2D eigenvalue weighted by atomic mass is 16.5. The molecule has 0 saturated carbocycles. The minimum atomic E-state index is -0.287. The summed E-state index contributed by atoms with van der Waals surface area (Å²) in [6.07, 6.45) is 2.93. The number of rotatable bonds is 5. The Balaban J connectivity index is 1.78. The summed E-state index contributed by atoms with van der Waals surface area (Å²) in [4.78, 5) is 20.3. The number of nitrogens with zero attached hydrogens (tertiary/aromatic N) is 3. The first-order valence-electron chi connectivity index (χ1n) is 8.48. The Kier molecular flexibility index (Phi) is 4.44. The molecular weight excluding hydrogens is 360 g/mol. The number of benzene rings is 2. The lowest BCUT2D eigenvalue weighted by molar-refractivity contribution is 0.324. The third kappa shape index (κ3) is 2.84. The van der Waals surface area contributed by atoms with Gasteiger partial charge in [-0.2, -0.15) is 9.78 Å². The fourth-order valence-electron chi connectivity index (χ4n) is 3.08. The van der Waals surface area contributed by atoms with E-state index in [1.54, 1.807) is 12.1 Å². The summed E-state index contributed by atoms with van der Waals surface area (Å²) < 4.78 is 17.2. The van der Waals surface area contributed by atoms with Crippen LogP contribution in [0.1, 0.15) is 5.56 Å². The van der Waals surface area contributed by atoms with Crippen molar-refractivity contribution in [1.82, 2.24) is 14.6 Å². The van der Waals surface area contributed by atoms with Gasteiger partial charge in [-0.3, -0.25) is 4.79 Å². The maximum atomic E-state index is 12.8. The minimum absolute atomic E-state index is 0.287. The van der Waals surface area contributed by atoms with Crippen molar-refractivity contribution in [3.8, 4) is 17.2 Å². The van der Waals surface area contributed by atoms with Crippen molar-refractivity contribution in [2.75, 3.05) is 21.3 Å². The molecule has 4 rings (SSSR count). The van der Waals surface area contributed by atoms with Gasteiger partial charge in [-0.25, -0.2) is 4.98 Å². The van der Waals surface area contributed by atoms with E-state index in [0.29, 0.717) is 33.8 Å². The van der Waals surface area contributed by atoms with E-state index in [4.69, 9.17) is 14.2 Å². The second-order valence-electron chi connectivity index (χ2n) is 5.99. The average molecular weight is 378 g/mol. The number of methoxy groups -OCH3 is 3. The van der Waals surface area contributed by atoms with Crippen LogP contribution in [0, 0.1) is 0 Å². The molecule has 0 radical (unpaired) electrons. The minimum Gasteiger partial charge on any atom is -0.493 e. The van der Waals surface area contributed by atoms with Crippen LogP contribution < -0.4 is 19.8 Å². The third-order valence-electron chi connectivity index (χ3n) is 4.42. The zero-order valence-electron chi connectivity index (χ0n) is 15.6. The molecule has 0 aliphatic heterocycles. The summed E-state index contributed by atoms with van der Waals surface area (Å²) in [5.74, 6) is 1.49. The smallest absolute Gasteiger partial charge is 0.298 e. The van der Waals surface area contributed by atoms with Crippen molar-refractivity contribution < 1.29 is 14.2 Å². The first kappa shape index (κ1) is 17.6. The lowest BCUT2D eigenvalue weighted by atomic mass is 10.2. The SMILES string of the molecule is COc1cc(/C=N\n2cnc3c([nH]c4ccccc43)c2=O)cc(OC)c1OC. The molecule has 28 heavy (non-hydrogen) atoms. The summed E-state index contributed by atoms with van der Waals surface area (Å²) in [7, 11) is 4.61. The topological polar surface area (TPSA) is 90.7 Å². The fraction of sp³-hybridized carbons (Fsp3) is 0.150. The molecule has 2 aromatic heterocycles. The number of hydrogen-bond donors (Lipinski definition) is 1. The van der Waals surface area contributed by atoms with Crippen molar-refractivity contribution in [2.24, 2.45) is 5.10 Å². The number of aromatic amines is 1. The van der Waals surface area contributed by atoms with Crippen LogP contribution >= 0.6 is 0 Å². The van der Waals surface area contributed by atoms with E-state index < -0.39 is 0 Å². The van der Waals surface area contributed by atoms with Crippen LogP contribution in [0.4, 0.5) is 0 Å². The maximum Gasteiger partial charge on any atom is 0.298 e. The van der Waals surface area contributed by atoms with Gasteiger partial charge in [-0.1, -0.05) is 18.2 Å². The molecule has 8 heteroatoms. The van der Waals surface area contributed by atoms with Crippen LogP contribution in [0.15, 0.2) is 52.6 Å². The number of ether oxygens (including phenoxy) is 3. The van der Waals surface area contributed by atoms with Gasteiger partial charge < -0.3 is 19.2 Å². The highest BCUT2D eigenvalue weighted by Crippen LogP contribution is 2.37. The van der Waals surface area contributed by atoms with Crippen LogP contribution in [0.3, 0.4) is 0 Å². The Morgan fingerprint density at radius 1 is 1.07 bits per heavy atom. The molecule has 2 aromatic carbocycles. The number of fused-ring (bicyclic) bond motifs is 3. The average Bonchev–Trinajstić information content (AvgIpc) is 3.12. The lowest BCUT2D eigenvalue weighted by Crippen LogP contribution is -2.17. The molecule has 0 bridgehead atoms. The normalized spacial score (nSPS) is 11.4. The van der Waals surface area contributed by atoms with Gasteiger partial charge in [0.25, 0.3) is 5.56 Å². The maximum absolute atomic E-state index is 12.8. The molecular formula is C20H18N4O4. The molecule has 0 atom stereocenters. The highest BCUT2D eigenvalue weighted by molar-refractivity contribution is 6.04. The van der Waals surface area contributed by atoms with Gasteiger partial charge in [0.15, 0.2) is 11.5 Å². The standard InChI is InChI=1S/C20H18N4O4/c1-26-15-8-12(9-16(27-2)19(15)28-3)10-22-24-11-21-17-13-6-4-5-7-14(13)23-18(17)20(24)25/h4-11,23H,1-3H3/b22-10-. The van der Waals surface area contributed by atoms with Gasteiger partial charge in [0.05, 0.1) is 27.5 Å². The summed E-state index contributed by atoms with van der Waals surface area (Å²) in [6, 6.07) is 11.1. The largest absolute Gasteiger partial charge is 0.493 e. The van der Waals surface area contributed by atoms with E-state index in [9.17, 15) is 4.79 Å². The number of nitrogens with one attached hydrogen (secondary N) is 1. The molecule has 2 heterocycles. The van der Waals surface area contributed by atoms with E-state index in [1.807, 2.05) is 24.3 Å². The first-order valence-corrected chi connectivity index (χ1v) is 8.48. The first-order chi connectivity index (χ1) is 13.7. The zero-order chi connectivity index (χ0) is 19.7. The van der Waals surface area contributed by atoms with Crippen LogP contribution in [0.25, 0.3) is 21.9 Å². The van der Waals surface area contributed by atoms with Crippen molar-refractivity contribution in [3.63, 3.8) is 0 Å². The third-order valence-corrected chi connectivity index (χ3v) is 4.42. The number of hydrogen-bond acceptors (Lipinski definition) is 6. The lowest BCUT2D eigenvalue weighted by Gasteiger charge is -2.12. The molecule has 0 amide bonds. The van der Waals surface area contributed by atoms with E-state index in [2.05, 4.69) is 15.1 Å². The molecule has 8 nitrogen and oxygen atoms in total. The Morgan fingerprint density at radius 2 is 1.79 bits per heavy atom. The number of aromatic nitrogens is 3. The molecule has 0 unspecified atom stereocenters. The van der Waals surface area contributed by atoms with Crippen LogP contribution in [-0.2, 0) is 0 Å². The van der Waals surface area contributed by atoms with Gasteiger partial charge >= 0.3 is 0 Å². The Labute approximate surface area is 160 Å². The van der Waals surface area contributed by atoms with E-state index in [1.165, 1.54) is 38.5 Å². The predicted molar refractivity (Wildman–Crippen MR) is 107 cm³/mol. The predicted octanol–water partition coefficient (Wildman–Crippen LogP) is 2.79. The molecule has 0 fully saturated rings. The van der Waals surface area contributed by atoms with Crippen molar-refractivity contribution in [2.45, 2.75) is 0 Å². The molecule has 1 N–H and O–H groups in total. The number of H-pyrrole nitrogens is 1. The van der Waals surface area contributed by atoms with Gasteiger partial charge in [-0.15, -0.1) is 0 Å². The monoisotopic (exact) mass is 378 g/mol.